The molecule has 0 saturated carbocycles. The maximum absolute atomic E-state index is 14.1. The number of piperidine rings is 1. The van der Waals surface area contributed by atoms with Crippen molar-refractivity contribution in [3.8, 4) is 0 Å². The van der Waals surface area contributed by atoms with Gasteiger partial charge in [0.2, 0.25) is 0 Å². The van der Waals surface area contributed by atoms with Crippen LogP contribution in [-0.4, -0.2) is 42.1 Å². The van der Waals surface area contributed by atoms with Crippen LogP contribution in [0.3, 0.4) is 0 Å². The molecule has 0 atom stereocenters. The van der Waals surface area contributed by atoms with Crippen molar-refractivity contribution in [1.29, 1.82) is 0 Å². The molecule has 1 aliphatic heterocycles. The van der Waals surface area contributed by atoms with Crippen LogP contribution in [0.1, 0.15) is 24.1 Å². The molecular formula is C21H25FN4O3. The number of likely N-dealkylation sites (tertiary alicyclic amines) is 1. The Kier molecular flexibility index (Phi) is 6.77. The molecule has 0 radical (unpaired) electrons. The number of nitrogens with one attached hydrogen (secondary N) is 2. The SMILES string of the molecule is COC(=O)C1CCN(Cc2cc(F)cc(NC(=O)Nc3ccc(C)nc3)c2)CC1. The quantitative estimate of drug-likeness (QED) is 0.750. The molecule has 2 N–H and O–H groups in total. The van der Waals surface area contributed by atoms with Crippen LogP contribution >= 0.6 is 0 Å². The van der Waals surface area contributed by atoms with Gasteiger partial charge in [-0.05, 0) is 68.8 Å². The zero-order chi connectivity index (χ0) is 20.8. The van der Waals surface area contributed by atoms with Crippen molar-refractivity contribution < 1.29 is 18.7 Å². The number of urea groups is 1. The van der Waals surface area contributed by atoms with Crippen LogP contribution in [0.15, 0.2) is 36.5 Å². The Morgan fingerprint density at radius 2 is 1.90 bits per heavy atom. The first kappa shape index (κ1) is 20.7. The highest BCUT2D eigenvalue weighted by molar-refractivity contribution is 5.99. The molecule has 0 unspecified atom stereocenters. The van der Waals surface area contributed by atoms with Crippen molar-refractivity contribution in [2.24, 2.45) is 5.92 Å². The van der Waals surface area contributed by atoms with Crippen LogP contribution in [0, 0.1) is 18.7 Å². The first-order chi connectivity index (χ1) is 13.9. The Bertz CT molecular complexity index is 865. The molecule has 3 rings (SSSR count). The van der Waals surface area contributed by atoms with Crippen LogP contribution in [0.25, 0.3) is 0 Å². The maximum atomic E-state index is 14.1. The first-order valence-corrected chi connectivity index (χ1v) is 9.53. The summed E-state index contributed by atoms with van der Waals surface area (Å²) in [4.78, 5) is 30.1. The number of amides is 2. The number of nitrogens with zero attached hydrogens (tertiary/aromatic N) is 2. The molecule has 8 heteroatoms. The van der Waals surface area contributed by atoms with E-state index in [0.717, 1.165) is 37.2 Å². The fourth-order valence-electron chi connectivity index (χ4n) is 3.40. The van der Waals surface area contributed by atoms with Gasteiger partial charge in [-0.25, -0.2) is 9.18 Å². The highest BCUT2D eigenvalue weighted by Crippen LogP contribution is 2.22. The number of benzene rings is 1. The van der Waals surface area contributed by atoms with E-state index in [-0.39, 0.29) is 11.9 Å². The molecule has 1 aromatic carbocycles. The summed E-state index contributed by atoms with van der Waals surface area (Å²) in [5, 5.41) is 5.33. The monoisotopic (exact) mass is 400 g/mol. The van der Waals surface area contributed by atoms with Gasteiger partial charge in [0.15, 0.2) is 0 Å². The van der Waals surface area contributed by atoms with Crippen molar-refractivity contribution in [3.05, 3.63) is 53.6 Å². The van der Waals surface area contributed by atoms with Gasteiger partial charge in [0, 0.05) is 17.9 Å². The number of aromatic nitrogens is 1. The predicted molar refractivity (Wildman–Crippen MR) is 108 cm³/mol. The summed E-state index contributed by atoms with van der Waals surface area (Å²) < 4.78 is 18.9. The van der Waals surface area contributed by atoms with Gasteiger partial charge in [-0.3, -0.25) is 14.7 Å². The van der Waals surface area contributed by atoms with Crippen molar-refractivity contribution in [2.75, 3.05) is 30.8 Å². The Balaban J connectivity index is 1.57. The number of aryl methyl sites for hydroxylation is 1. The minimum Gasteiger partial charge on any atom is -0.469 e. The lowest BCUT2D eigenvalue weighted by Gasteiger charge is -2.30. The van der Waals surface area contributed by atoms with Gasteiger partial charge in [0.05, 0.1) is 24.9 Å². The lowest BCUT2D eigenvalue weighted by atomic mass is 9.96. The van der Waals surface area contributed by atoms with Gasteiger partial charge < -0.3 is 15.4 Å². The summed E-state index contributed by atoms with van der Waals surface area (Å²) in [5.41, 5.74) is 2.54. The van der Waals surface area contributed by atoms with Gasteiger partial charge in [-0.15, -0.1) is 0 Å². The highest BCUT2D eigenvalue weighted by Gasteiger charge is 2.25. The second kappa shape index (κ2) is 9.47. The normalized spacial score (nSPS) is 15.0. The Morgan fingerprint density at radius 1 is 1.17 bits per heavy atom. The second-order valence-electron chi connectivity index (χ2n) is 7.19. The Labute approximate surface area is 169 Å². The average molecular weight is 400 g/mol. The number of anilines is 2. The van der Waals surface area contributed by atoms with Crippen molar-refractivity contribution in [3.63, 3.8) is 0 Å². The Morgan fingerprint density at radius 3 is 2.55 bits per heavy atom. The number of carbonyl (C=O) groups excluding carboxylic acids is 2. The standard InChI is InChI=1S/C21H25FN4O3/c1-14-3-4-18(12-23-14)24-21(28)25-19-10-15(9-17(22)11-19)13-26-7-5-16(6-8-26)20(27)29-2/h3-4,9-12,16H,5-8,13H2,1-2H3,(H2,24,25,28). The molecule has 0 spiro atoms. The molecule has 1 saturated heterocycles. The third-order valence-corrected chi connectivity index (χ3v) is 4.91. The van der Waals surface area contributed by atoms with E-state index in [2.05, 4.69) is 20.5 Å². The van der Waals surface area contributed by atoms with Gasteiger partial charge in [0.25, 0.3) is 0 Å². The molecule has 2 aromatic rings. The van der Waals surface area contributed by atoms with E-state index in [9.17, 15) is 14.0 Å². The molecule has 7 nitrogen and oxygen atoms in total. The number of pyridine rings is 1. The minimum absolute atomic E-state index is 0.0686. The number of rotatable bonds is 5. The molecule has 2 heterocycles. The van der Waals surface area contributed by atoms with Gasteiger partial charge in [-0.1, -0.05) is 0 Å². The summed E-state index contributed by atoms with van der Waals surface area (Å²) in [5.74, 6) is -0.656. The van der Waals surface area contributed by atoms with Gasteiger partial charge >= 0.3 is 12.0 Å². The van der Waals surface area contributed by atoms with Crippen LogP contribution in [-0.2, 0) is 16.1 Å². The molecule has 154 valence electrons. The number of ether oxygens (including phenoxy) is 1. The summed E-state index contributed by atoms with van der Waals surface area (Å²) in [6.45, 7) is 3.87. The number of carbonyl (C=O) groups is 2. The van der Waals surface area contributed by atoms with Gasteiger partial charge in [0.1, 0.15) is 5.82 Å². The maximum Gasteiger partial charge on any atom is 0.323 e. The van der Waals surface area contributed by atoms with Crippen LogP contribution < -0.4 is 10.6 Å². The first-order valence-electron chi connectivity index (χ1n) is 9.53. The molecule has 1 aromatic heterocycles. The predicted octanol–water partition coefficient (Wildman–Crippen LogP) is 3.56. The molecular weight excluding hydrogens is 375 g/mol. The molecule has 29 heavy (non-hydrogen) atoms. The zero-order valence-corrected chi connectivity index (χ0v) is 16.6. The third-order valence-electron chi connectivity index (χ3n) is 4.91. The topological polar surface area (TPSA) is 83.6 Å². The fraction of sp³-hybridized carbons (Fsp3) is 0.381. The summed E-state index contributed by atoms with van der Waals surface area (Å²) in [6, 6.07) is 7.56. The van der Waals surface area contributed by atoms with E-state index in [0.29, 0.717) is 17.9 Å². The van der Waals surface area contributed by atoms with E-state index in [1.54, 1.807) is 24.4 Å². The van der Waals surface area contributed by atoms with Crippen LogP contribution in [0.4, 0.5) is 20.6 Å². The van der Waals surface area contributed by atoms with Gasteiger partial charge in [-0.2, -0.15) is 0 Å². The molecule has 2 amide bonds. The van der Waals surface area contributed by atoms with E-state index in [1.807, 2.05) is 6.92 Å². The smallest absolute Gasteiger partial charge is 0.323 e. The number of methoxy groups -OCH3 is 1. The lowest BCUT2D eigenvalue weighted by molar-refractivity contribution is -0.147. The molecule has 1 aliphatic rings. The summed E-state index contributed by atoms with van der Waals surface area (Å²) in [7, 11) is 1.40. The molecule has 1 fully saturated rings. The van der Waals surface area contributed by atoms with Crippen LogP contribution in [0.5, 0.6) is 0 Å². The number of hydrogen-bond donors (Lipinski definition) is 2. The minimum atomic E-state index is -0.467. The van der Waals surface area contributed by atoms with Crippen molar-refractivity contribution in [2.45, 2.75) is 26.3 Å². The van der Waals surface area contributed by atoms with E-state index in [4.69, 9.17) is 4.74 Å². The number of hydrogen-bond acceptors (Lipinski definition) is 5. The molecule has 0 aliphatic carbocycles. The Hall–Kier alpha value is -3.00. The largest absolute Gasteiger partial charge is 0.469 e. The van der Waals surface area contributed by atoms with E-state index in [1.165, 1.54) is 19.2 Å². The highest BCUT2D eigenvalue weighted by atomic mass is 19.1. The lowest BCUT2D eigenvalue weighted by Crippen LogP contribution is -2.36. The van der Waals surface area contributed by atoms with Crippen molar-refractivity contribution in [1.82, 2.24) is 9.88 Å². The zero-order valence-electron chi connectivity index (χ0n) is 16.6. The second-order valence-corrected chi connectivity index (χ2v) is 7.19. The van der Waals surface area contributed by atoms with E-state index < -0.39 is 11.8 Å². The summed E-state index contributed by atoms with van der Waals surface area (Å²) >= 11 is 0. The fourth-order valence-corrected chi connectivity index (χ4v) is 3.40. The number of esters is 1. The third kappa shape index (κ3) is 5.99. The summed E-state index contributed by atoms with van der Waals surface area (Å²) in [6.07, 6.45) is 3.00. The number of halogens is 1. The van der Waals surface area contributed by atoms with Crippen LogP contribution in [0.2, 0.25) is 0 Å². The molecule has 0 bridgehead atoms. The van der Waals surface area contributed by atoms with E-state index >= 15 is 0 Å². The van der Waals surface area contributed by atoms with Crippen molar-refractivity contribution >= 4 is 23.4 Å². The average Bonchev–Trinajstić information content (AvgIpc) is 2.69.